The first-order chi connectivity index (χ1) is 17.6. The molecule has 7 nitrogen and oxygen atoms in total. The van der Waals surface area contributed by atoms with Crippen LogP contribution in [-0.2, 0) is 20.3 Å². The molecule has 0 aliphatic carbocycles. The lowest BCUT2D eigenvalue weighted by Crippen LogP contribution is -2.19. The van der Waals surface area contributed by atoms with Crippen molar-refractivity contribution in [2.45, 2.75) is 92.7 Å². The molecule has 2 rings (SSSR count). The summed E-state index contributed by atoms with van der Waals surface area (Å²) in [4.78, 5) is 15.5. The number of phenols is 1. The van der Waals surface area contributed by atoms with Gasteiger partial charge in [-0.05, 0) is 35.3 Å². The van der Waals surface area contributed by atoms with Gasteiger partial charge in [-0.1, -0.05) is 99.2 Å². The monoisotopic (exact) mass is 540 g/mol. The summed E-state index contributed by atoms with van der Waals surface area (Å²) in [5, 5.41) is 28.9. The minimum absolute atomic E-state index is 0. The summed E-state index contributed by atoms with van der Waals surface area (Å²) in [5.74, 6) is 0.543. The van der Waals surface area contributed by atoms with Crippen LogP contribution in [0, 0.1) is 17.2 Å². The van der Waals surface area contributed by atoms with Crippen molar-refractivity contribution in [3.8, 4) is 11.8 Å². The zero-order valence-electron chi connectivity index (χ0n) is 24.3. The fourth-order valence-electron chi connectivity index (χ4n) is 3.41. The SMILES string of the molecule is C.CC(C)[C@H](CO)N=Cc1cc(C(C)(C)C)cc(C(C)(C)C)c1O.CCOC(=O)OC(C#N)c1ccccc1. The van der Waals surface area contributed by atoms with Crippen LogP contribution in [-0.4, -0.2) is 41.8 Å². The van der Waals surface area contributed by atoms with E-state index in [2.05, 4.69) is 57.3 Å². The van der Waals surface area contributed by atoms with Crippen molar-refractivity contribution in [1.29, 1.82) is 5.26 Å². The van der Waals surface area contributed by atoms with Gasteiger partial charge in [0.2, 0.25) is 6.10 Å². The van der Waals surface area contributed by atoms with Crippen LogP contribution < -0.4 is 0 Å². The van der Waals surface area contributed by atoms with Crippen molar-refractivity contribution in [2.75, 3.05) is 13.2 Å². The predicted molar refractivity (Wildman–Crippen MR) is 158 cm³/mol. The van der Waals surface area contributed by atoms with Gasteiger partial charge in [-0.25, -0.2) is 4.79 Å². The van der Waals surface area contributed by atoms with Crippen molar-refractivity contribution in [3.05, 3.63) is 64.7 Å². The van der Waals surface area contributed by atoms with E-state index in [1.165, 1.54) is 5.56 Å². The van der Waals surface area contributed by atoms with E-state index in [1.807, 2.05) is 32.0 Å². The maximum absolute atomic E-state index is 11.0. The number of carbonyl (C=O) groups is 1. The van der Waals surface area contributed by atoms with E-state index in [0.29, 0.717) is 5.56 Å². The lowest BCUT2D eigenvalue weighted by atomic mass is 9.79. The maximum atomic E-state index is 11.0. The first kappa shape index (κ1) is 35.6. The molecular formula is C32H48N2O5. The number of aliphatic hydroxyl groups is 1. The Morgan fingerprint density at radius 3 is 2.10 bits per heavy atom. The summed E-state index contributed by atoms with van der Waals surface area (Å²) in [7, 11) is 0. The Bertz CT molecular complexity index is 1090. The molecular weight excluding hydrogens is 492 g/mol. The average Bonchev–Trinajstić information content (AvgIpc) is 2.83. The third-order valence-electron chi connectivity index (χ3n) is 5.87. The summed E-state index contributed by atoms with van der Waals surface area (Å²) in [5.41, 5.74) is 3.30. The van der Waals surface area contributed by atoms with Gasteiger partial charge in [0, 0.05) is 22.9 Å². The van der Waals surface area contributed by atoms with Crippen LogP contribution >= 0.6 is 0 Å². The average molecular weight is 541 g/mol. The molecule has 0 saturated carbocycles. The minimum Gasteiger partial charge on any atom is -0.507 e. The zero-order chi connectivity index (χ0) is 29.1. The molecule has 1 unspecified atom stereocenters. The van der Waals surface area contributed by atoms with Crippen LogP contribution in [0.1, 0.15) is 98.1 Å². The molecule has 0 aromatic heterocycles. The van der Waals surface area contributed by atoms with Crippen molar-refractivity contribution < 1.29 is 24.5 Å². The molecule has 0 spiro atoms. The highest BCUT2D eigenvalue weighted by Gasteiger charge is 2.24. The number of aromatic hydroxyl groups is 1. The lowest BCUT2D eigenvalue weighted by molar-refractivity contribution is 0.0421. The molecule has 2 atom stereocenters. The molecule has 2 aromatic carbocycles. The van der Waals surface area contributed by atoms with Crippen molar-refractivity contribution in [1.82, 2.24) is 0 Å². The topological polar surface area (TPSA) is 112 Å². The van der Waals surface area contributed by atoms with Gasteiger partial charge in [0.1, 0.15) is 11.8 Å². The highest BCUT2D eigenvalue weighted by Crippen LogP contribution is 2.37. The molecule has 2 aromatic rings. The van der Waals surface area contributed by atoms with Crippen LogP contribution in [0.15, 0.2) is 47.5 Å². The standard InChI is InChI=1S/C20H33NO2.C11H11NO3.CH4/c1-13(2)17(12-22)21-11-14-9-15(19(3,4)5)10-16(18(14)23)20(6,7)8;1-2-14-11(13)15-10(8-12)9-6-4-3-5-7-9;/h9-11,13,17,22-23H,12H2,1-8H3;3-7,10H,2H2,1H3;1H4/t17-;;/m0../s1. The van der Waals surface area contributed by atoms with E-state index < -0.39 is 12.3 Å². The quantitative estimate of drug-likeness (QED) is 0.278. The molecule has 0 heterocycles. The highest BCUT2D eigenvalue weighted by molar-refractivity contribution is 5.85. The fourth-order valence-corrected chi connectivity index (χ4v) is 3.41. The van der Waals surface area contributed by atoms with E-state index in [-0.39, 0.29) is 49.2 Å². The summed E-state index contributed by atoms with van der Waals surface area (Å²) < 4.78 is 9.39. The van der Waals surface area contributed by atoms with Crippen LogP contribution in [0.3, 0.4) is 0 Å². The number of nitrogens with zero attached hydrogens (tertiary/aromatic N) is 2. The Hall–Kier alpha value is -3.37. The van der Waals surface area contributed by atoms with Crippen LogP contribution in [0.25, 0.3) is 0 Å². The molecule has 0 aliphatic heterocycles. The Morgan fingerprint density at radius 2 is 1.67 bits per heavy atom. The van der Waals surface area contributed by atoms with Gasteiger partial charge in [-0.15, -0.1) is 0 Å². The first-order valence-electron chi connectivity index (χ1n) is 13.0. The number of aliphatic hydroxyl groups excluding tert-OH is 1. The van der Waals surface area contributed by atoms with Crippen molar-refractivity contribution in [2.24, 2.45) is 10.9 Å². The Balaban J connectivity index is 0.000000784. The Morgan fingerprint density at radius 1 is 1.08 bits per heavy atom. The maximum Gasteiger partial charge on any atom is 0.509 e. The number of aliphatic imine (C=N–C) groups is 1. The van der Waals surface area contributed by atoms with E-state index in [0.717, 1.165) is 11.1 Å². The molecule has 2 N–H and O–H groups in total. The normalized spacial score (nSPS) is 13.0. The van der Waals surface area contributed by atoms with Gasteiger partial charge < -0.3 is 19.7 Å². The Kier molecular flexibility index (Phi) is 14.5. The summed E-state index contributed by atoms with van der Waals surface area (Å²) in [6, 6.07) is 14.6. The Labute approximate surface area is 235 Å². The third kappa shape index (κ3) is 11.5. The van der Waals surface area contributed by atoms with Crippen molar-refractivity contribution >= 4 is 12.4 Å². The highest BCUT2D eigenvalue weighted by atomic mass is 16.7. The molecule has 39 heavy (non-hydrogen) atoms. The number of nitriles is 1. The van der Waals surface area contributed by atoms with E-state index in [9.17, 15) is 15.0 Å². The molecule has 216 valence electrons. The van der Waals surface area contributed by atoms with Gasteiger partial charge >= 0.3 is 6.16 Å². The second-order valence-corrected chi connectivity index (χ2v) is 11.5. The number of hydrogen-bond donors (Lipinski definition) is 2. The largest absolute Gasteiger partial charge is 0.509 e. The van der Waals surface area contributed by atoms with E-state index in [1.54, 1.807) is 37.4 Å². The minimum atomic E-state index is -0.912. The van der Waals surface area contributed by atoms with Gasteiger partial charge in [-0.3, -0.25) is 4.99 Å². The van der Waals surface area contributed by atoms with Crippen LogP contribution in [0.5, 0.6) is 5.75 Å². The number of phenolic OH excluding ortho intramolecular Hbond substituents is 1. The van der Waals surface area contributed by atoms with E-state index in [4.69, 9.17) is 10.00 Å². The van der Waals surface area contributed by atoms with E-state index >= 15 is 0 Å². The molecule has 7 heteroatoms. The summed E-state index contributed by atoms with van der Waals surface area (Å²) >= 11 is 0. The van der Waals surface area contributed by atoms with Gasteiger partial charge in [-0.2, -0.15) is 5.26 Å². The molecule has 0 fully saturated rings. The summed E-state index contributed by atoms with van der Waals surface area (Å²) in [6.45, 7) is 18.8. The summed E-state index contributed by atoms with van der Waals surface area (Å²) in [6.07, 6.45) is -0.0288. The number of rotatable bonds is 7. The van der Waals surface area contributed by atoms with Crippen LogP contribution in [0.4, 0.5) is 4.79 Å². The van der Waals surface area contributed by atoms with Gasteiger partial charge in [0.05, 0.1) is 19.3 Å². The fraction of sp³-hybridized carbons (Fsp3) is 0.531. The first-order valence-corrected chi connectivity index (χ1v) is 13.0. The van der Waals surface area contributed by atoms with Gasteiger partial charge in [0.25, 0.3) is 0 Å². The third-order valence-corrected chi connectivity index (χ3v) is 5.87. The molecule has 0 aliphatic rings. The van der Waals surface area contributed by atoms with Crippen molar-refractivity contribution in [3.63, 3.8) is 0 Å². The second kappa shape index (κ2) is 15.9. The number of carbonyl (C=O) groups excluding carboxylic acids is 1. The molecule has 0 amide bonds. The zero-order valence-corrected chi connectivity index (χ0v) is 24.3. The molecule has 0 bridgehead atoms. The number of hydrogen-bond acceptors (Lipinski definition) is 7. The van der Waals surface area contributed by atoms with Gasteiger partial charge in [0.15, 0.2) is 0 Å². The smallest absolute Gasteiger partial charge is 0.507 e. The predicted octanol–water partition coefficient (Wildman–Crippen LogP) is 7.48. The molecule has 0 saturated heterocycles. The molecule has 0 radical (unpaired) electrons. The number of benzene rings is 2. The number of ether oxygens (including phenoxy) is 2. The van der Waals surface area contributed by atoms with Crippen LogP contribution in [0.2, 0.25) is 0 Å². The lowest BCUT2D eigenvalue weighted by Gasteiger charge is -2.27. The second-order valence-electron chi connectivity index (χ2n) is 11.5.